The van der Waals surface area contributed by atoms with Crippen LogP contribution in [-0.4, -0.2) is 15.6 Å². The summed E-state index contributed by atoms with van der Waals surface area (Å²) in [5.74, 6) is 1.02. The summed E-state index contributed by atoms with van der Waals surface area (Å²) in [6.07, 6.45) is 10.7. The molecule has 4 rings (SSSR count). The smallest absolute Gasteiger partial charge is 0.323 e. The summed E-state index contributed by atoms with van der Waals surface area (Å²) < 4.78 is 7.89. The highest BCUT2D eigenvalue weighted by atomic mass is 16.5. The van der Waals surface area contributed by atoms with Gasteiger partial charge in [-0.05, 0) is 60.1 Å². The molecular weight excluding hydrogens is 572 g/mol. The topological polar surface area (TPSA) is 85.2 Å². The standard InChI is InChI=1S/C39H46N4O3/c1-8-10-18-34-28(7)43(22-11-9-2)38(44)37(42-39(45)41-36-32(26(3)4)19-13-20-33(36)27(5)6)35(34)30-16-12-17-31(23-30)46-25-29-15-14-21-40-24-29/h8,10,12-21,23-24,26-27H,1,9,11,22,25H2,2-7H3,(H2,41,42,45)/b18-10-. The highest BCUT2D eigenvalue weighted by Gasteiger charge is 2.23. The molecule has 0 unspecified atom stereocenters. The number of unbranched alkanes of at least 4 members (excludes halogenated alkanes) is 1. The van der Waals surface area contributed by atoms with Gasteiger partial charge in [0.2, 0.25) is 0 Å². The Balaban J connectivity index is 1.86. The van der Waals surface area contributed by atoms with Gasteiger partial charge >= 0.3 is 6.03 Å². The maximum absolute atomic E-state index is 14.3. The van der Waals surface area contributed by atoms with E-state index in [0.29, 0.717) is 24.5 Å². The van der Waals surface area contributed by atoms with Crippen molar-refractivity contribution in [1.29, 1.82) is 0 Å². The number of ether oxygens (including phenoxy) is 1. The van der Waals surface area contributed by atoms with E-state index in [1.807, 2.05) is 73.7 Å². The Morgan fingerprint density at radius 3 is 2.33 bits per heavy atom. The second-order valence-electron chi connectivity index (χ2n) is 12.0. The van der Waals surface area contributed by atoms with E-state index in [0.717, 1.165) is 52.0 Å². The molecule has 2 aromatic heterocycles. The maximum atomic E-state index is 14.3. The zero-order chi connectivity index (χ0) is 33.2. The number of carbonyl (C=O) groups is 1. The Morgan fingerprint density at radius 2 is 1.70 bits per heavy atom. The highest BCUT2D eigenvalue weighted by Crippen LogP contribution is 2.36. The summed E-state index contributed by atoms with van der Waals surface area (Å²) in [6, 6.07) is 17.1. The number of nitrogens with one attached hydrogen (secondary N) is 2. The summed E-state index contributed by atoms with van der Waals surface area (Å²) in [4.78, 5) is 32.4. The molecular formula is C39H46N4O3. The van der Waals surface area contributed by atoms with Gasteiger partial charge in [0.05, 0.1) is 0 Å². The van der Waals surface area contributed by atoms with E-state index in [2.05, 4.69) is 56.8 Å². The van der Waals surface area contributed by atoms with Crippen LogP contribution in [0.3, 0.4) is 0 Å². The van der Waals surface area contributed by atoms with E-state index in [-0.39, 0.29) is 23.1 Å². The Hall–Kier alpha value is -4.91. The fourth-order valence-electron chi connectivity index (χ4n) is 5.57. The van der Waals surface area contributed by atoms with Gasteiger partial charge in [-0.25, -0.2) is 4.79 Å². The zero-order valence-electron chi connectivity index (χ0n) is 27.9. The van der Waals surface area contributed by atoms with Gasteiger partial charge in [0.1, 0.15) is 18.0 Å². The lowest BCUT2D eigenvalue weighted by molar-refractivity contribution is 0.262. The number of carbonyl (C=O) groups excluding carboxylic acids is 1. The fraction of sp³-hybridized carbons (Fsp3) is 0.308. The minimum Gasteiger partial charge on any atom is -0.489 e. The molecule has 2 amide bonds. The Morgan fingerprint density at radius 1 is 1.00 bits per heavy atom. The van der Waals surface area contributed by atoms with Crippen LogP contribution in [0.4, 0.5) is 16.2 Å². The molecule has 240 valence electrons. The minimum absolute atomic E-state index is 0.195. The van der Waals surface area contributed by atoms with Crippen LogP contribution in [0.15, 0.2) is 90.5 Å². The van der Waals surface area contributed by atoms with E-state index >= 15 is 0 Å². The van der Waals surface area contributed by atoms with Crippen molar-refractivity contribution >= 4 is 23.5 Å². The predicted molar refractivity (Wildman–Crippen MR) is 191 cm³/mol. The highest BCUT2D eigenvalue weighted by molar-refractivity contribution is 6.04. The number of nitrogens with zero attached hydrogens (tertiary/aromatic N) is 2. The van der Waals surface area contributed by atoms with Gasteiger partial charge in [0.15, 0.2) is 0 Å². The minimum atomic E-state index is -0.470. The number of aromatic nitrogens is 2. The maximum Gasteiger partial charge on any atom is 0.323 e. The Labute approximate surface area is 273 Å². The molecule has 0 atom stereocenters. The first-order chi connectivity index (χ1) is 22.2. The monoisotopic (exact) mass is 618 g/mol. The first kappa shape index (κ1) is 34.0. The van der Waals surface area contributed by atoms with Crippen molar-refractivity contribution in [3.63, 3.8) is 0 Å². The largest absolute Gasteiger partial charge is 0.489 e. The van der Waals surface area contributed by atoms with Crippen molar-refractivity contribution in [2.75, 3.05) is 10.6 Å². The number of benzene rings is 2. The van der Waals surface area contributed by atoms with E-state index in [1.165, 1.54) is 0 Å². The number of hydrogen-bond acceptors (Lipinski definition) is 4. The van der Waals surface area contributed by atoms with Crippen LogP contribution in [0.25, 0.3) is 17.2 Å². The molecule has 0 saturated heterocycles. The molecule has 2 heterocycles. The number of anilines is 2. The molecule has 0 aliphatic carbocycles. The average molecular weight is 619 g/mol. The molecule has 0 spiro atoms. The van der Waals surface area contributed by atoms with Crippen molar-refractivity contribution < 1.29 is 9.53 Å². The van der Waals surface area contributed by atoms with Crippen LogP contribution >= 0.6 is 0 Å². The van der Waals surface area contributed by atoms with Crippen molar-refractivity contribution in [3.05, 3.63) is 124 Å². The van der Waals surface area contributed by atoms with Gasteiger partial charge < -0.3 is 19.9 Å². The molecule has 2 N–H and O–H groups in total. The van der Waals surface area contributed by atoms with Crippen LogP contribution in [0.2, 0.25) is 0 Å². The van der Waals surface area contributed by atoms with Gasteiger partial charge in [0, 0.05) is 47.0 Å². The second-order valence-corrected chi connectivity index (χ2v) is 12.0. The van der Waals surface area contributed by atoms with Crippen molar-refractivity contribution in [3.8, 4) is 16.9 Å². The van der Waals surface area contributed by atoms with Crippen LogP contribution < -0.4 is 20.9 Å². The van der Waals surface area contributed by atoms with Gasteiger partial charge in [-0.15, -0.1) is 0 Å². The summed E-state index contributed by atoms with van der Waals surface area (Å²) in [7, 11) is 0. The first-order valence-electron chi connectivity index (χ1n) is 16.1. The normalized spacial score (nSPS) is 11.3. The van der Waals surface area contributed by atoms with E-state index in [1.54, 1.807) is 23.0 Å². The number of rotatable bonds is 13. The van der Waals surface area contributed by atoms with E-state index in [4.69, 9.17) is 4.74 Å². The first-order valence-corrected chi connectivity index (χ1v) is 16.1. The van der Waals surface area contributed by atoms with Crippen LogP contribution in [0.5, 0.6) is 5.75 Å². The molecule has 0 aliphatic heterocycles. The second kappa shape index (κ2) is 15.9. The quantitative estimate of drug-likeness (QED) is 0.146. The molecule has 4 aromatic rings. The van der Waals surface area contributed by atoms with E-state index < -0.39 is 6.03 Å². The van der Waals surface area contributed by atoms with Crippen LogP contribution in [-0.2, 0) is 13.2 Å². The lowest BCUT2D eigenvalue weighted by Crippen LogP contribution is -2.31. The van der Waals surface area contributed by atoms with Crippen molar-refractivity contribution in [2.24, 2.45) is 0 Å². The van der Waals surface area contributed by atoms with Gasteiger partial charge in [0.25, 0.3) is 5.56 Å². The third-order valence-electron chi connectivity index (χ3n) is 8.01. The Bertz CT molecular complexity index is 1730. The molecule has 0 saturated carbocycles. The number of pyridine rings is 2. The van der Waals surface area contributed by atoms with Gasteiger partial charge in [-0.2, -0.15) is 0 Å². The molecule has 46 heavy (non-hydrogen) atoms. The molecule has 7 nitrogen and oxygen atoms in total. The average Bonchev–Trinajstić information content (AvgIpc) is 3.04. The zero-order valence-corrected chi connectivity index (χ0v) is 27.9. The summed E-state index contributed by atoms with van der Waals surface area (Å²) in [6.45, 7) is 17.2. The predicted octanol–water partition coefficient (Wildman–Crippen LogP) is 9.69. The summed E-state index contributed by atoms with van der Waals surface area (Å²) >= 11 is 0. The third kappa shape index (κ3) is 8.02. The molecule has 0 bridgehead atoms. The van der Waals surface area contributed by atoms with Crippen molar-refractivity contribution in [1.82, 2.24) is 9.55 Å². The number of allylic oxidation sites excluding steroid dienone is 2. The molecule has 7 heteroatoms. The summed E-state index contributed by atoms with van der Waals surface area (Å²) in [5, 5.41) is 6.13. The number of amides is 2. The summed E-state index contributed by atoms with van der Waals surface area (Å²) in [5.41, 5.74) is 6.76. The van der Waals surface area contributed by atoms with Gasteiger partial charge in [-0.3, -0.25) is 9.78 Å². The van der Waals surface area contributed by atoms with Crippen LogP contribution in [0, 0.1) is 6.92 Å². The Kier molecular flexibility index (Phi) is 11.7. The number of para-hydroxylation sites is 1. The van der Waals surface area contributed by atoms with Gasteiger partial charge in [-0.1, -0.05) is 102 Å². The lowest BCUT2D eigenvalue weighted by atomic mass is 9.92. The molecule has 0 radical (unpaired) electrons. The SMILES string of the molecule is C=C/C=C\c1c(-c2cccc(OCc3cccnc3)c2)c(NC(=O)Nc2c(C(C)C)cccc2C(C)C)c(=O)n(CCCC)c1C. The third-order valence-corrected chi connectivity index (χ3v) is 8.01. The fourth-order valence-corrected chi connectivity index (χ4v) is 5.57. The number of hydrogen-bond donors (Lipinski definition) is 2. The van der Waals surface area contributed by atoms with E-state index in [9.17, 15) is 9.59 Å². The number of urea groups is 1. The van der Waals surface area contributed by atoms with Crippen LogP contribution in [0.1, 0.15) is 87.2 Å². The molecule has 0 fully saturated rings. The van der Waals surface area contributed by atoms with Crippen molar-refractivity contribution in [2.45, 2.75) is 79.4 Å². The molecule has 0 aliphatic rings. The molecule has 2 aromatic carbocycles. The lowest BCUT2D eigenvalue weighted by Gasteiger charge is -2.23.